The summed E-state index contributed by atoms with van der Waals surface area (Å²) in [4.78, 5) is 24.6. The van der Waals surface area contributed by atoms with Crippen LogP contribution < -0.4 is 4.90 Å². The van der Waals surface area contributed by atoms with Crippen molar-refractivity contribution >= 4 is 29.1 Å². The van der Waals surface area contributed by atoms with Gasteiger partial charge in [-0.25, -0.2) is 0 Å². The van der Waals surface area contributed by atoms with E-state index in [4.69, 9.17) is 0 Å². The molecule has 0 radical (unpaired) electrons. The summed E-state index contributed by atoms with van der Waals surface area (Å²) < 4.78 is 36.2. The first-order valence-electron chi connectivity index (χ1n) is 5.48. The number of anilines is 1. The smallest absolute Gasteiger partial charge is 0.304 e. The van der Waals surface area contributed by atoms with Crippen LogP contribution in [0.5, 0.6) is 0 Å². The number of Topliss-reactive ketones (excluding diaryl/α,β-unsaturated/α-hetero) is 1. The highest BCUT2D eigenvalue weighted by Gasteiger charge is 2.37. The quantitative estimate of drug-likeness (QED) is 0.803. The van der Waals surface area contributed by atoms with Crippen molar-refractivity contribution in [3.63, 3.8) is 0 Å². The molecular formula is C12H10F3NO2S. The van der Waals surface area contributed by atoms with Gasteiger partial charge >= 0.3 is 5.51 Å². The van der Waals surface area contributed by atoms with Crippen LogP contribution in [-0.2, 0) is 4.79 Å². The summed E-state index contributed by atoms with van der Waals surface area (Å²) in [6.07, 6.45) is 0. The molecule has 0 saturated carbocycles. The molecule has 1 aromatic rings. The first-order chi connectivity index (χ1) is 8.81. The maximum absolute atomic E-state index is 12.1. The van der Waals surface area contributed by atoms with E-state index >= 15 is 0 Å². The van der Waals surface area contributed by atoms with Gasteiger partial charge in [0.15, 0.2) is 0 Å². The lowest BCUT2D eigenvalue weighted by atomic mass is 10.1. The van der Waals surface area contributed by atoms with Gasteiger partial charge < -0.3 is 4.90 Å². The number of carbonyl (C=O) groups excluding carboxylic acids is 2. The number of ketones is 1. The summed E-state index contributed by atoms with van der Waals surface area (Å²) in [5.41, 5.74) is -2.93. The number of carbonyl (C=O) groups is 2. The molecule has 0 bridgehead atoms. The minimum Gasteiger partial charge on any atom is -0.304 e. The van der Waals surface area contributed by atoms with E-state index in [-0.39, 0.29) is 29.6 Å². The fourth-order valence-electron chi connectivity index (χ4n) is 2.01. The second-order valence-electron chi connectivity index (χ2n) is 4.05. The second kappa shape index (κ2) is 4.88. The van der Waals surface area contributed by atoms with Crippen LogP contribution in [0.1, 0.15) is 15.9 Å². The van der Waals surface area contributed by atoms with Gasteiger partial charge in [-0.2, -0.15) is 13.2 Å². The van der Waals surface area contributed by atoms with Crippen molar-refractivity contribution in [2.75, 3.05) is 17.2 Å². The van der Waals surface area contributed by atoms with Crippen molar-refractivity contribution in [1.29, 1.82) is 0 Å². The predicted molar refractivity (Wildman–Crippen MR) is 66.4 cm³/mol. The lowest BCUT2D eigenvalue weighted by molar-refractivity contribution is -0.114. The summed E-state index contributed by atoms with van der Waals surface area (Å²) in [6, 6.07) is 4.88. The topological polar surface area (TPSA) is 37.4 Å². The van der Waals surface area contributed by atoms with Crippen LogP contribution in [0.3, 0.4) is 0 Å². The summed E-state index contributed by atoms with van der Waals surface area (Å²) >= 11 is -0.201. The molecule has 1 aromatic carbocycles. The van der Waals surface area contributed by atoms with E-state index in [1.807, 2.05) is 0 Å². The molecule has 19 heavy (non-hydrogen) atoms. The molecule has 1 aliphatic rings. The monoisotopic (exact) mass is 289 g/mol. The van der Waals surface area contributed by atoms with Gasteiger partial charge in [-0.05, 0) is 30.3 Å². The zero-order chi connectivity index (χ0) is 14.2. The average molecular weight is 289 g/mol. The highest BCUT2D eigenvalue weighted by molar-refractivity contribution is 8.00. The van der Waals surface area contributed by atoms with Crippen LogP contribution in [0.4, 0.5) is 18.9 Å². The lowest BCUT2D eigenvalue weighted by Gasteiger charge is -2.18. The Balaban J connectivity index is 2.19. The first kappa shape index (κ1) is 13.9. The fourth-order valence-corrected chi connectivity index (χ4v) is 2.51. The Labute approximate surface area is 111 Å². The minimum absolute atomic E-state index is 0.132. The maximum Gasteiger partial charge on any atom is 0.441 e. The van der Waals surface area contributed by atoms with Crippen LogP contribution >= 0.6 is 11.8 Å². The Hall–Kier alpha value is -1.50. The van der Waals surface area contributed by atoms with E-state index in [9.17, 15) is 22.8 Å². The van der Waals surface area contributed by atoms with Crippen molar-refractivity contribution in [3.05, 3.63) is 29.3 Å². The van der Waals surface area contributed by atoms with Crippen LogP contribution in [-0.4, -0.2) is 29.5 Å². The van der Waals surface area contributed by atoms with E-state index < -0.39 is 17.2 Å². The number of alkyl halides is 3. The molecule has 102 valence electrons. The van der Waals surface area contributed by atoms with Crippen LogP contribution in [0.2, 0.25) is 0 Å². The normalized spacial score (nSPS) is 15.1. The summed E-state index contributed by atoms with van der Waals surface area (Å²) in [6.45, 7) is 1.58. The number of hydrogen-bond donors (Lipinski definition) is 0. The number of halogens is 3. The molecule has 3 nitrogen and oxygen atoms in total. The van der Waals surface area contributed by atoms with E-state index in [1.54, 1.807) is 19.1 Å². The van der Waals surface area contributed by atoms with Crippen molar-refractivity contribution in [2.45, 2.75) is 12.4 Å². The molecule has 0 saturated heterocycles. The van der Waals surface area contributed by atoms with E-state index in [0.29, 0.717) is 11.3 Å². The SMILES string of the molecule is Cc1cccc2c1N(CCSC(F)(F)F)C(=O)C2=O. The molecule has 7 heteroatoms. The maximum atomic E-state index is 12.1. The molecule has 1 heterocycles. The number of fused-ring (bicyclic) bond motifs is 1. The van der Waals surface area contributed by atoms with Crippen LogP contribution in [0, 0.1) is 6.92 Å². The van der Waals surface area contributed by atoms with E-state index in [2.05, 4.69) is 0 Å². The van der Waals surface area contributed by atoms with Crippen LogP contribution in [0.25, 0.3) is 0 Å². The molecule has 0 spiro atoms. The van der Waals surface area contributed by atoms with Gasteiger partial charge in [-0.1, -0.05) is 12.1 Å². The van der Waals surface area contributed by atoms with Gasteiger partial charge in [0, 0.05) is 12.3 Å². The molecular weight excluding hydrogens is 279 g/mol. The number of aryl methyl sites for hydroxylation is 1. The van der Waals surface area contributed by atoms with Gasteiger partial charge in [0.05, 0.1) is 11.3 Å². The molecule has 0 fully saturated rings. The van der Waals surface area contributed by atoms with Crippen molar-refractivity contribution in [1.82, 2.24) is 0 Å². The number of benzene rings is 1. The molecule has 0 N–H and O–H groups in total. The Morgan fingerprint density at radius 1 is 1.26 bits per heavy atom. The number of rotatable bonds is 3. The third-order valence-corrected chi connectivity index (χ3v) is 3.49. The molecule has 1 aliphatic heterocycles. The number of para-hydroxylation sites is 1. The number of amides is 1. The first-order valence-corrected chi connectivity index (χ1v) is 6.46. The Bertz CT molecular complexity index is 542. The van der Waals surface area contributed by atoms with Crippen LogP contribution in [0.15, 0.2) is 18.2 Å². The van der Waals surface area contributed by atoms with Gasteiger partial charge in [-0.15, -0.1) is 0 Å². The summed E-state index contributed by atoms with van der Waals surface area (Å²) in [7, 11) is 0. The van der Waals surface area contributed by atoms with Crippen molar-refractivity contribution in [3.8, 4) is 0 Å². The van der Waals surface area contributed by atoms with Gasteiger partial charge in [0.25, 0.3) is 11.7 Å². The molecule has 0 aromatic heterocycles. The Kier molecular flexibility index (Phi) is 3.58. The highest BCUT2D eigenvalue weighted by Crippen LogP contribution is 2.34. The molecule has 2 rings (SSSR count). The standard InChI is InChI=1S/C12H10F3NO2S/c1-7-3-2-4-8-9(7)16(11(18)10(8)17)5-6-19-12(13,14)15/h2-4H,5-6H2,1H3. The third kappa shape index (κ3) is 2.75. The van der Waals surface area contributed by atoms with E-state index in [1.165, 1.54) is 6.07 Å². The highest BCUT2D eigenvalue weighted by atomic mass is 32.2. The van der Waals surface area contributed by atoms with Crippen molar-refractivity contribution < 1.29 is 22.8 Å². The van der Waals surface area contributed by atoms with Gasteiger partial charge in [0.1, 0.15) is 0 Å². The van der Waals surface area contributed by atoms with Gasteiger partial charge in [-0.3, -0.25) is 9.59 Å². The summed E-state index contributed by atoms with van der Waals surface area (Å²) in [5.74, 6) is -1.71. The number of thioether (sulfide) groups is 1. The predicted octanol–water partition coefficient (Wildman–Crippen LogP) is 2.78. The van der Waals surface area contributed by atoms with Crippen molar-refractivity contribution in [2.24, 2.45) is 0 Å². The van der Waals surface area contributed by atoms with E-state index in [0.717, 1.165) is 4.90 Å². The molecule has 1 amide bonds. The number of nitrogens with zero attached hydrogens (tertiary/aromatic N) is 1. The third-order valence-electron chi connectivity index (χ3n) is 2.77. The molecule has 0 aliphatic carbocycles. The molecule has 0 atom stereocenters. The Morgan fingerprint density at radius 2 is 1.95 bits per heavy atom. The fraction of sp³-hybridized carbons (Fsp3) is 0.333. The molecule has 0 unspecified atom stereocenters. The Morgan fingerprint density at radius 3 is 2.58 bits per heavy atom. The lowest BCUT2D eigenvalue weighted by Crippen LogP contribution is -2.32. The number of hydrogen-bond acceptors (Lipinski definition) is 3. The second-order valence-corrected chi connectivity index (χ2v) is 5.21. The summed E-state index contributed by atoms with van der Waals surface area (Å²) in [5, 5.41) is 0. The minimum atomic E-state index is -4.33. The largest absolute Gasteiger partial charge is 0.441 e. The average Bonchev–Trinajstić information content (AvgIpc) is 2.54. The zero-order valence-corrected chi connectivity index (χ0v) is 10.8. The zero-order valence-electron chi connectivity index (χ0n) is 9.95. The van der Waals surface area contributed by atoms with Gasteiger partial charge in [0.2, 0.25) is 0 Å².